The van der Waals surface area contributed by atoms with Crippen LogP contribution in [0.2, 0.25) is 0 Å². The van der Waals surface area contributed by atoms with Gasteiger partial charge < -0.3 is 9.84 Å². The average molecular weight is 275 g/mol. The van der Waals surface area contributed by atoms with Crippen molar-refractivity contribution in [3.63, 3.8) is 0 Å². The van der Waals surface area contributed by atoms with Crippen molar-refractivity contribution in [1.82, 2.24) is 4.98 Å². The van der Waals surface area contributed by atoms with Gasteiger partial charge in [0, 0.05) is 18.2 Å². The van der Waals surface area contributed by atoms with Gasteiger partial charge >= 0.3 is 0 Å². The van der Waals surface area contributed by atoms with Crippen molar-refractivity contribution in [2.45, 2.75) is 25.9 Å². The topological polar surface area (TPSA) is 42.4 Å². The number of ether oxygens (including phenoxy) is 1. The second kappa shape index (κ2) is 7.01. The van der Waals surface area contributed by atoms with Gasteiger partial charge in [0.05, 0.1) is 18.9 Å². The third-order valence-corrected chi connectivity index (χ3v) is 2.96. The Labute approximate surface area is 118 Å². The van der Waals surface area contributed by atoms with E-state index in [1.807, 2.05) is 6.92 Å². The minimum absolute atomic E-state index is 0.214. The van der Waals surface area contributed by atoms with Crippen LogP contribution in [0.15, 0.2) is 42.7 Å². The molecule has 106 valence electrons. The molecule has 1 atom stereocenters. The average Bonchev–Trinajstić information content (AvgIpc) is 2.48. The van der Waals surface area contributed by atoms with Crippen LogP contribution in [0.3, 0.4) is 0 Å². The summed E-state index contributed by atoms with van der Waals surface area (Å²) in [6.07, 6.45) is 3.50. The second-order valence-corrected chi connectivity index (χ2v) is 4.61. The first-order chi connectivity index (χ1) is 9.70. The van der Waals surface area contributed by atoms with Crippen molar-refractivity contribution >= 4 is 0 Å². The van der Waals surface area contributed by atoms with Gasteiger partial charge in [0.25, 0.3) is 0 Å². The Morgan fingerprint density at radius 2 is 2.10 bits per heavy atom. The molecule has 0 spiro atoms. The van der Waals surface area contributed by atoms with Crippen LogP contribution < -0.4 is 4.74 Å². The van der Waals surface area contributed by atoms with Crippen LogP contribution in [-0.2, 0) is 6.42 Å². The third-order valence-electron chi connectivity index (χ3n) is 2.96. The first kappa shape index (κ1) is 14.5. The van der Waals surface area contributed by atoms with E-state index in [-0.39, 0.29) is 12.2 Å². The van der Waals surface area contributed by atoms with Gasteiger partial charge in [-0.3, -0.25) is 4.98 Å². The number of aliphatic hydroxyl groups excluding tert-OH is 1. The Morgan fingerprint density at radius 3 is 2.85 bits per heavy atom. The van der Waals surface area contributed by atoms with Gasteiger partial charge in [-0.1, -0.05) is 25.1 Å². The molecule has 0 bridgehead atoms. The maximum absolute atomic E-state index is 13.6. The highest BCUT2D eigenvalue weighted by Gasteiger charge is 2.12. The van der Waals surface area contributed by atoms with Crippen LogP contribution in [0.5, 0.6) is 5.75 Å². The van der Waals surface area contributed by atoms with E-state index in [1.165, 1.54) is 6.07 Å². The van der Waals surface area contributed by atoms with E-state index >= 15 is 0 Å². The highest BCUT2D eigenvalue weighted by Crippen LogP contribution is 2.22. The number of aromatic nitrogens is 1. The molecule has 1 aromatic heterocycles. The van der Waals surface area contributed by atoms with Crippen molar-refractivity contribution in [2.75, 3.05) is 6.61 Å². The van der Waals surface area contributed by atoms with Crippen molar-refractivity contribution < 1.29 is 14.2 Å². The molecule has 0 aliphatic rings. The van der Waals surface area contributed by atoms with E-state index in [9.17, 15) is 9.50 Å². The van der Waals surface area contributed by atoms with E-state index in [0.717, 1.165) is 6.42 Å². The standard InChI is InChI=1S/C16H18FNO2/c1-2-7-20-14-8-13(10-18-11-14)16(19)9-12-5-3-4-6-15(12)17/h3-6,8,10-11,16,19H,2,7,9H2,1H3. The summed E-state index contributed by atoms with van der Waals surface area (Å²) in [5.74, 6) is 0.315. The van der Waals surface area contributed by atoms with Gasteiger partial charge in [-0.15, -0.1) is 0 Å². The Kier molecular flexibility index (Phi) is 5.07. The van der Waals surface area contributed by atoms with Gasteiger partial charge in [-0.05, 0) is 24.1 Å². The lowest BCUT2D eigenvalue weighted by Crippen LogP contribution is -2.05. The summed E-state index contributed by atoms with van der Waals surface area (Å²) >= 11 is 0. The van der Waals surface area contributed by atoms with Gasteiger partial charge in [-0.25, -0.2) is 4.39 Å². The smallest absolute Gasteiger partial charge is 0.137 e. The lowest BCUT2D eigenvalue weighted by molar-refractivity contribution is 0.176. The van der Waals surface area contributed by atoms with E-state index in [1.54, 1.807) is 36.7 Å². The number of hydrogen-bond donors (Lipinski definition) is 1. The van der Waals surface area contributed by atoms with E-state index in [4.69, 9.17) is 4.74 Å². The van der Waals surface area contributed by atoms with Gasteiger partial charge in [0.2, 0.25) is 0 Å². The summed E-state index contributed by atoms with van der Waals surface area (Å²) in [4.78, 5) is 4.04. The first-order valence-corrected chi connectivity index (χ1v) is 6.70. The van der Waals surface area contributed by atoms with Crippen LogP contribution >= 0.6 is 0 Å². The largest absolute Gasteiger partial charge is 0.492 e. The second-order valence-electron chi connectivity index (χ2n) is 4.61. The van der Waals surface area contributed by atoms with Gasteiger partial charge in [-0.2, -0.15) is 0 Å². The molecule has 1 N–H and O–H groups in total. The maximum Gasteiger partial charge on any atom is 0.137 e. The molecule has 2 rings (SSSR count). The van der Waals surface area contributed by atoms with Crippen LogP contribution in [0, 0.1) is 5.82 Å². The number of pyridine rings is 1. The van der Waals surface area contributed by atoms with Crippen molar-refractivity contribution in [3.05, 3.63) is 59.7 Å². The molecule has 20 heavy (non-hydrogen) atoms. The minimum atomic E-state index is -0.801. The molecular formula is C16H18FNO2. The number of aliphatic hydroxyl groups is 1. The predicted octanol–water partition coefficient (Wildman–Crippen LogP) is 3.29. The number of rotatable bonds is 6. The maximum atomic E-state index is 13.6. The van der Waals surface area contributed by atoms with E-state index < -0.39 is 6.10 Å². The molecule has 0 amide bonds. The number of nitrogens with zero attached hydrogens (tertiary/aromatic N) is 1. The molecule has 1 unspecified atom stereocenters. The fraction of sp³-hybridized carbons (Fsp3) is 0.312. The molecular weight excluding hydrogens is 257 g/mol. The van der Waals surface area contributed by atoms with Crippen molar-refractivity contribution in [3.8, 4) is 5.75 Å². The Bertz CT molecular complexity index is 560. The highest BCUT2D eigenvalue weighted by atomic mass is 19.1. The summed E-state index contributed by atoms with van der Waals surface area (Å²) in [6.45, 7) is 2.62. The summed E-state index contributed by atoms with van der Waals surface area (Å²) in [7, 11) is 0. The number of benzene rings is 1. The predicted molar refractivity (Wildman–Crippen MR) is 75.1 cm³/mol. The molecule has 0 saturated carbocycles. The molecule has 0 radical (unpaired) electrons. The lowest BCUT2D eigenvalue weighted by atomic mass is 10.0. The molecule has 0 fully saturated rings. The molecule has 2 aromatic rings. The molecule has 0 saturated heterocycles. The summed E-state index contributed by atoms with van der Waals surface area (Å²) in [6, 6.07) is 8.19. The quantitative estimate of drug-likeness (QED) is 0.879. The molecule has 1 aromatic carbocycles. The molecule has 0 aliphatic carbocycles. The van der Waals surface area contributed by atoms with Crippen LogP contribution in [0.4, 0.5) is 4.39 Å². The number of halogens is 1. The van der Waals surface area contributed by atoms with Gasteiger partial charge in [0.1, 0.15) is 11.6 Å². The third kappa shape index (κ3) is 3.78. The zero-order valence-electron chi connectivity index (χ0n) is 11.4. The van der Waals surface area contributed by atoms with E-state index in [0.29, 0.717) is 23.5 Å². The Morgan fingerprint density at radius 1 is 1.30 bits per heavy atom. The normalized spacial score (nSPS) is 12.2. The van der Waals surface area contributed by atoms with Crippen molar-refractivity contribution in [2.24, 2.45) is 0 Å². The molecule has 4 heteroatoms. The molecule has 3 nitrogen and oxygen atoms in total. The van der Waals surface area contributed by atoms with Crippen LogP contribution in [0.1, 0.15) is 30.6 Å². The lowest BCUT2D eigenvalue weighted by Gasteiger charge is -2.13. The zero-order valence-corrected chi connectivity index (χ0v) is 11.4. The van der Waals surface area contributed by atoms with Crippen LogP contribution in [-0.4, -0.2) is 16.7 Å². The highest BCUT2D eigenvalue weighted by molar-refractivity contribution is 5.27. The van der Waals surface area contributed by atoms with Crippen LogP contribution in [0.25, 0.3) is 0 Å². The fourth-order valence-corrected chi connectivity index (χ4v) is 1.91. The van der Waals surface area contributed by atoms with E-state index in [2.05, 4.69) is 4.98 Å². The molecule has 1 heterocycles. The fourth-order valence-electron chi connectivity index (χ4n) is 1.91. The number of hydrogen-bond acceptors (Lipinski definition) is 3. The van der Waals surface area contributed by atoms with Gasteiger partial charge in [0.15, 0.2) is 0 Å². The Hall–Kier alpha value is -1.94. The van der Waals surface area contributed by atoms with Crippen molar-refractivity contribution in [1.29, 1.82) is 0 Å². The zero-order chi connectivity index (χ0) is 14.4. The Balaban J connectivity index is 2.09. The summed E-state index contributed by atoms with van der Waals surface area (Å²) in [5.41, 5.74) is 1.11. The molecule has 0 aliphatic heterocycles. The summed E-state index contributed by atoms with van der Waals surface area (Å²) < 4.78 is 19.0. The summed E-state index contributed by atoms with van der Waals surface area (Å²) in [5, 5.41) is 10.2. The SMILES string of the molecule is CCCOc1cncc(C(O)Cc2ccccc2F)c1. The minimum Gasteiger partial charge on any atom is -0.492 e. The monoisotopic (exact) mass is 275 g/mol. The first-order valence-electron chi connectivity index (χ1n) is 6.70.